The lowest BCUT2D eigenvalue weighted by molar-refractivity contribution is 0.459. The summed E-state index contributed by atoms with van der Waals surface area (Å²) in [5.41, 5.74) is 2.73. The first-order valence-corrected chi connectivity index (χ1v) is 8.66. The van der Waals surface area contributed by atoms with E-state index >= 15 is 0 Å². The molecule has 0 aliphatic heterocycles. The van der Waals surface area contributed by atoms with Crippen LogP contribution in [0.2, 0.25) is 0 Å². The Morgan fingerprint density at radius 3 is 2.35 bits per heavy atom. The fourth-order valence-electron chi connectivity index (χ4n) is 2.98. The first-order chi connectivity index (χ1) is 9.92. The predicted molar refractivity (Wildman–Crippen MR) is 88.1 cm³/mol. The minimum Gasteiger partial charge on any atom is -0.310 e. The van der Waals surface area contributed by atoms with Gasteiger partial charge in [0, 0.05) is 17.5 Å². The van der Waals surface area contributed by atoms with Crippen LogP contribution >= 0.6 is 11.3 Å². The molecule has 3 rings (SSSR count). The van der Waals surface area contributed by atoms with Crippen LogP contribution in [0.1, 0.15) is 44.1 Å². The number of hydrogen-bond donors (Lipinski definition) is 1. The Hall–Kier alpha value is -1.12. The van der Waals surface area contributed by atoms with Gasteiger partial charge in [-0.05, 0) is 35.4 Å². The first kappa shape index (κ1) is 13.8. The molecule has 0 unspecified atom stereocenters. The molecular weight excluding hydrogens is 262 g/mol. The van der Waals surface area contributed by atoms with E-state index in [0.717, 1.165) is 12.6 Å². The lowest BCUT2D eigenvalue weighted by Crippen LogP contribution is -2.27. The molecule has 0 saturated heterocycles. The van der Waals surface area contributed by atoms with Gasteiger partial charge in [-0.2, -0.15) is 0 Å². The highest BCUT2D eigenvalue weighted by Crippen LogP contribution is 2.24. The van der Waals surface area contributed by atoms with Gasteiger partial charge in [0.05, 0.1) is 0 Å². The topological polar surface area (TPSA) is 12.0 Å². The monoisotopic (exact) mass is 285 g/mol. The number of rotatable bonds is 4. The van der Waals surface area contributed by atoms with Gasteiger partial charge in [0.2, 0.25) is 0 Å². The third-order valence-electron chi connectivity index (χ3n) is 4.21. The van der Waals surface area contributed by atoms with Crippen molar-refractivity contribution in [3.05, 3.63) is 47.3 Å². The summed E-state index contributed by atoms with van der Waals surface area (Å²) in [7, 11) is 0. The summed E-state index contributed by atoms with van der Waals surface area (Å²) >= 11 is 1.80. The third-order valence-corrected chi connectivity index (χ3v) is 5.13. The van der Waals surface area contributed by atoms with Crippen molar-refractivity contribution in [2.75, 3.05) is 0 Å². The normalized spacial score (nSPS) is 17.0. The van der Waals surface area contributed by atoms with Crippen LogP contribution in [0.3, 0.4) is 0 Å². The Morgan fingerprint density at radius 1 is 0.950 bits per heavy atom. The highest BCUT2D eigenvalue weighted by molar-refractivity contribution is 7.13. The van der Waals surface area contributed by atoms with E-state index in [1.54, 1.807) is 11.3 Å². The molecular formula is C18H23NS. The van der Waals surface area contributed by atoms with Gasteiger partial charge in [-0.3, -0.25) is 0 Å². The molecule has 0 amide bonds. The Balaban J connectivity index is 1.55. The van der Waals surface area contributed by atoms with Gasteiger partial charge in [0.25, 0.3) is 0 Å². The molecule has 20 heavy (non-hydrogen) atoms. The van der Waals surface area contributed by atoms with Crippen molar-refractivity contribution in [2.24, 2.45) is 0 Å². The zero-order chi connectivity index (χ0) is 13.6. The Morgan fingerprint density at radius 2 is 1.70 bits per heavy atom. The van der Waals surface area contributed by atoms with E-state index in [1.165, 1.54) is 54.5 Å². The van der Waals surface area contributed by atoms with Crippen LogP contribution in [0.5, 0.6) is 0 Å². The molecule has 1 N–H and O–H groups in total. The highest BCUT2D eigenvalue weighted by atomic mass is 32.1. The second-order valence-electron chi connectivity index (χ2n) is 5.74. The molecule has 1 aliphatic rings. The van der Waals surface area contributed by atoms with Crippen molar-refractivity contribution in [1.29, 1.82) is 0 Å². The van der Waals surface area contributed by atoms with Gasteiger partial charge in [0.1, 0.15) is 0 Å². The summed E-state index contributed by atoms with van der Waals surface area (Å²) in [6, 6.07) is 14.0. The second-order valence-corrected chi connectivity index (χ2v) is 6.69. The molecule has 1 heterocycles. The minimum absolute atomic E-state index is 0.731. The largest absolute Gasteiger partial charge is 0.310 e. The van der Waals surface area contributed by atoms with Gasteiger partial charge in [-0.1, -0.05) is 56.0 Å². The summed E-state index contributed by atoms with van der Waals surface area (Å²) in [4.78, 5) is 1.35. The SMILES string of the molecule is c1csc(-c2ccc(CNC3CCCCCC3)cc2)c1. The minimum atomic E-state index is 0.731. The summed E-state index contributed by atoms with van der Waals surface area (Å²) in [6.07, 6.45) is 8.35. The van der Waals surface area contributed by atoms with E-state index in [9.17, 15) is 0 Å². The van der Waals surface area contributed by atoms with Crippen molar-refractivity contribution in [2.45, 2.75) is 51.1 Å². The van der Waals surface area contributed by atoms with Crippen molar-refractivity contribution in [3.8, 4) is 10.4 Å². The molecule has 1 fully saturated rings. The van der Waals surface area contributed by atoms with E-state index in [1.807, 2.05) is 0 Å². The van der Waals surface area contributed by atoms with Crippen molar-refractivity contribution < 1.29 is 0 Å². The number of benzene rings is 1. The smallest absolute Gasteiger partial charge is 0.0342 e. The van der Waals surface area contributed by atoms with E-state index in [-0.39, 0.29) is 0 Å². The summed E-state index contributed by atoms with van der Waals surface area (Å²) in [6.45, 7) is 1.01. The predicted octanol–water partition coefficient (Wildman–Crippen LogP) is 5.23. The molecule has 1 aromatic carbocycles. The fraction of sp³-hybridized carbons (Fsp3) is 0.444. The Kier molecular flexibility index (Phi) is 4.88. The molecule has 2 heteroatoms. The van der Waals surface area contributed by atoms with E-state index in [4.69, 9.17) is 0 Å². The van der Waals surface area contributed by atoms with Crippen LogP contribution in [0.4, 0.5) is 0 Å². The molecule has 1 nitrogen and oxygen atoms in total. The lowest BCUT2D eigenvalue weighted by atomic mass is 10.1. The van der Waals surface area contributed by atoms with Gasteiger partial charge >= 0.3 is 0 Å². The van der Waals surface area contributed by atoms with Crippen LogP contribution in [0, 0.1) is 0 Å². The van der Waals surface area contributed by atoms with Gasteiger partial charge < -0.3 is 5.32 Å². The van der Waals surface area contributed by atoms with Crippen molar-refractivity contribution >= 4 is 11.3 Å². The zero-order valence-corrected chi connectivity index (χ0v) is 12.8. The maximum Gasteiger partial charge on any atom is 0.0342 e. The molecule has 0 atom stereocenters. The lowest BCUT2D eigenvalue weighted by Gasteiger charge is -2.16. The van der Waals surface area contributed by atoms with Crippen molar-refractivity contribution in [3.63, 3.8) is 0 Å². The van der Waals surface area contributed by atoms with Crippen LogP contribution in [0.15, 0.2) is 41.8 Å². The molecule has 1 aromatic heterocycles. The molecule has 0 bridgehead atoms. The molecule has 0 radical (unpaired) electrons. The Labute approximate surface area is 126 Å². The average molecular weight is 285 g/mol. The number of hydrogen-bond acceptors (Lipinski definition) is 2. The standard InChI is InChI=1S/C18H23NS/c1-2-4-7-17(6-3-1)19-14-15-9-11-16(12-10-15)18-8-5-13-20-18/h5,8-13,17,19H,1-4,6-7,14H2. The van der Waals surface area contributed by atoms with E-state index < -0.39 is 0 Å². The first-order valence-electron chi connectivity index (χ1n) is 7.78. The molecule has 0 spiro atoms. The summed E-state index contributed by atoms with van der Waals surface area (Å²) in [5, 5.41) is 5.87. The summed E-state index contributed by atoms with van der Waals surface area (Å²) < 4.78 is 0. The average Bonchev–Trinajstić information content (AvgIpc) is 2.90. The maximum atomic E-state index is 3.73. The molecule has 1 saturated carbocycles. The van der Waals surface area contributed by atoms with Gasteiger partial charge in [-0.15, -0.1) is 11.3 Å². The van der Waals surface area contributed by atoms with Gasteiger partial charge in [-0.25, -0.2) is 0 Å². The quantitative estimate of drug-likeness (QED) is 0.759. The van der Waals surface area contributed by atoms with Crippen LogP contribution in [-0.2, 0) is 6.54 Å². The van der Waals surface area contributed by atoms with Crippen LogP contribution in [-0.4, -0.2) is 6.04 Å². The van der Waals surface area contributed by atoms with Crippen LogP contribution < -0.4 is 5.32 Å². The molecule has 1 aliphatic carbocycles. The fourth-order valence-corrected chi connectivity index (χ4v) is 3.71. The third kappa shape index (κ3) is 3.71. The number of thiophene rings is 1. The van der Waals surface area contributed by atoms with Crippen molar-refractivity contribution in [1.82, 2.24) is 5.32 Å². The summed E-state index contributed by atoms with van der Waals surface area (Å²) in [5.74, 6) is 0. The van der Waals surface area contributed by atoms with E-state index in [2.05, 4.69) is 47.1 Å². The van der Waals surface area contributed by atoms with E-state index in [0.29, 0.717) is 0 Å². The Bertz CT molecular complexity index is 493. The highest BCUT2D eigenvalue weighted by Gasteiger charge is 2.11. The number of nitrogens with one attached hydrogen (secondary N) is 1. The zero-order valence-electron chi connectivity index (χ0n) is 12.0. The second kappa shape index (κ2) is 7.05. The maximum absolute atomic E-state index is 3.73. The van der Waals surface area contributed by atoms with Gasteiger partial charge in [0.15, 0.2) is 0 Å². The van der Waals surface area contributed by atoms with Crippen LogP contribution in [0.25, 0.3) is 10.4 Å². The molecule has 106 valence electrons. The molecule has 2 aromatic rings.